The molecule has 0 saturated heterocycles. The second-order valence-electron chi connectivity index (χ2n) is 5.74. The van der Waals surface area contributed by atoms with Crippen LogP contribution in [-0.2, 0) is 16.4 Å². The van der Waals surface area contributed by atoms with Crippen LogP contribution in [0.3, 0.4) is 0 Å². The molecule has 0 aromatic heterocycles. The van der Waals surface area contributed by atoms with E-state index in [4.69, 9.17) is 0 Å². The SMILES string of the molecule is C=CCN(CC=C)C(=O)c1ccc2c(c1)CC(C)N2S(C)(=O)=O. The van der Waals surface area contributed by atoms with Crippen LogP contribution in [-0.4, -0.2) is 44.6 Å². The van der Waals surface area contributed by atoms with Crippen molar-refractivity contribution in [3.8, 4) is 0 Å². The van der Waals surface area contributed by atoms with Crippen LogP contribution in [0.15, 0.2) is 43.5 Å². The maximum atomic E-state index is 12.6. The fourth-order valence-electron chi connectivity index (χ4n) is 2.98. The third-order valence-corrected chi connectivity index (χ3v) is 5.09. The first kappa shape index (κ1) is 17.3. The van der Waals surface area contributed by atoms with E-state index in [1.165, 1.54) is 10.6 Å². The largest absolute Gasteiger partial charge is 0.331 e. The van der Waals surface area contributed by atoms with Crippen LogP contribution < -0.4 is 4.31 Å². The Morgan fingerprint density at radius 3 is 2.48 bits per heavy atom. The molecule has 2 rings (SSSR count). The van der Waals surface area contributed by atoms with Crippen LogP contribution in [0.5, 0.6) is 0 Å². The van der Waals surface area contributed by atoms with E-state index in [9.17, 15) is 13.2 Å². The molecule has 0 radical (unpaired) electrons. The molecule has 1 aliphatic heterocycles. The number of carbonyl (C=O) groups is 1. The second kappa shape index (κ2) is 6.58. The number of fused-ring (bicyclic) bond motifs is 1. The highest BCUT2D eigenvalue weighted by atomic mass is 32.2. The van der Waals surface area contributed by atoms with Crippen molar-refractivity contribution in [1.29, 1.82) is 0 Å². The predicted molar refractivity (Wildman–Crippen MR) is 93.2 cm³/mol. The highest BCUT2D eigenvalue weighted by Crippen LogP contribution is 2.34. The van der Waals surface area contributed by atoms with E-state index in [0.717, 1.165) is 5.56 Å². The molecule has 1 amide bonds. The first-order valence-electron chi connectivity index (χ1n) is 7.43. The molecule has 1 atom stereocenters. The summed E-state index contributed by atoms with van der Waals surface area (Å²) in [7, 11) is -3.32. The maximum Gasteiger partial charge on any atom is 0.254 e. The second-order valence-corrected chi connectivity index (χ2v) is 7.60. The molecule has 1 aromatic carbocycles. The summed E-state index contributed by atoms with van der Waals surface area (Å²) >= 11 is 0. The maximum absolute atomic E-state index is 12.6. The molecule has 0 bridgehead atoms. The van der Waals surface area contributed by atoms with Crippen LogP contribution in [0, 0.1) is 0 Å². The van der Waals surface area contributed by atoms with Crippen molar-refractivity contribution in [2.24, 2.45) is 0 Å². The monoisotopic (exact) mass is 334 g/mol. The first-order valence-corrected chi connectivity index (χ1v) is 9.27. The topological polar surface area (TPSA) is 57.7 Å². The van der Waals surface area contributed by atoms with Crippen molar-refractivity contribution in [3.05, 3.63) is 54.6 Å². The standard InChI is InChI=1S/C17H22N2O3S/c1-5-9-18(10-6-2)17(20)14-7-8-16-15(12-14)11-13(3)19(16)23(4,21)22/h5-8,12-13H,1-2,9-11H2,3-4H3. The van der Waals surface area contributed by atoms with E-state index in [1.54, 1.807) is 35.3 Å². The Morgan fingerprint density at radius 1 is 1.35 bits per heavy atom. The molecule has 1 heterocycles. The Kier molecular flexibility index (Phi) is 4.94. The summed E-state index contributed by atoms with van der Waals surface area (Å²) in [5.74, 6) is -0.113. The number of nitrogens with zero attached hydrogens (tertiary/aromatic N) is 2. The molecular formula is C17H22N2O3S. The van der Waals surface area contributed by atoms with Gasteiger partial charge in [0, 0.05) is 24.7 Å². The minimum atomic E-state index is -3.32. The minimum Gasteiger partial charge on any atom is -0.331 e. The van der Waals surface area contributed by atoms with Crippen molar-refractivity contribution >= 4 is 21.6 Å². The van der Waals surface area contributed by atoms with Crippen LogP contribution >= 0.6 is 0 Å². The third kappa shape index (κ3) is 3.47. The number of sulfonamides is 1. The molecule has 5 nitrogen and oxygen atoms in total. The van der Waals surface area contributed by atoms with Gasteiger partial charge in [-0.3, -0.25) is 9.10 Å². The molecule has 6 heteroatoms. The van der Waals surface area contributed by atoms with Gasteiger partial charge < -0.3 is 4.90 Å². The summed E-state index contributed by atoms with van der Waals surface area (Å²) in [6.45, 7) is 10.1. The van der Waals surface area contributed by atoms with Gasteiger partial charge in [0.05, 0.1) is 11.9 Å². The quantitative estimate of drug-likeness (QED) is 0.750. The molecule has 0 N–H and O–H groups in total. The Bertz CT molecular complexity index is 730. The lowest BCUT2D eigenvalue weighted by atomic mass is 10.1. The third-order valence-electron chi connectivity index (χ3n) is 3.82. The summed E-state index contributed by atoms with van der Waals surface area (Å²) in [6, 6.07) is 5.05. The fourth-order valence-corrected chi connectivity index (χ4v) is 4.24. The van der Waals surface area contributed by atoms with E-state index in [0.29, 0.717) is 30.8 Å². The Balaban J connectivity index is 2.36. The van der Waals surface area contributed by atoms with E-state index in [-0.39, 0.29) is 11.9 Å². The van der Waals surface area contributed by atoms with Gasteiger partial charge in [0.15, 0.2) is 0 Å². The average Bonchev–Trinajstić information content (AvgIpc) is 2.81. The highest BCUT2D eigenvalue weighted by molar-refractivity contribution is 7.92. The molecular weight excluding hydrogens is 312 g/mol. The van der Waals surface area contributed by atoms with Gasteiger partial charge in [0.2, 0.25) is 10.0 Å². The Labute approximate surface area is 138 Å². The van der Waals surface area contributed by atoms with E-state index in [1.807, 2.05) is 6.92 Å². The van der Waals surface area contributed by atoms with Crippen molar-refractivity contribution in [3.63, 3.8) is 0 Å². The minimum absolute atomic E-state index is 0.113. The van der Waals surface area contributed by atoms with Gasteiger partial charge in [-0.05, 0) is 37.1 Å². The number of anilines is 1. The summed E-state index contributed by atoms with van der Waals surface area (Å²) in [5.41, 5.74) is 2.09. The molecule has 0 fully saturated rings. The van der Waals surface area contributed by atoms with Crippen molar-refractivity contribution in [2.45, 2.75) is 19.4 Å². The number of hydrogen-bond donors (Lipinski definition) is 0. The molecule has 1 aromatic rings. The number of benzene rings is 1. The number of carbonyl (C=O) groups excluding carboxylic acids is 1. The lowest BCUT2D eigenvalue weighted by Crippen LogP contribution is -2.34. The fraction of sp³-hybridized carbons (Fsp3) is 0.353. The van der Waals surface area contributed by atoms with E-state index in [2.05, 4.69) is 13.2 Å². The average molecular weight is 334 g/mol. The van der Waals surface area contributed by atoms with Gasteiger partial charge in [-0.2, -0.15) is 0 Å². The molecule has 1 aliphatic rings. The zero-order valence-corrected chi connectivity index (χ0v) is 14.3. The zero-order chi connectivity index (χ0) is 17.2. The number of rotatable bonds is 6. The molecule has 0 spiro atoms. The molecule has 1 unspecified atom stereocenters. The number of hydrogen-bond acceptors (Lipinski definition) is 3. The van der Waals surface area contributed by atoms with Crippen molar-refractivity contribution < 1.29 is 13.2 Å². The van der Waals surface area contributed by atoms with Crippen molar-refractivity contribution in [2.75, 3.05) is 23.7 Å². The lowest BCUT2D eigenvalue weighted by molar-refractivity contribution is 0.0791. The smallest absolute Gasteiger partial charge is 0.254 e. The van der Waals surface area contributed by atoms with E-state index < -0.39 is 10.0 Å². The van der Waals surface area contributed by atoms with Gasteiger partial charge in [-0.25, -0.2) is 8.42 Å². The van der Waals surface area contributed by atoms with Gasteiger partial charge in [-0.1, -0.05) is 12.2 Å². The molecule has 0 aliphatic carbocycles. The number of amides is 1. The summed E-state index contributed by atoms with van der Waals surface area (Å²) in [4.78, 5) is 14.2. The zero-order valence-electron chi connectivity index (χ0n) is 13.5. The highest BCUT2D eigenvalue weighted by Gasteiger charge is 2.33. The molecule has 124 valence electrons. The van der Waals surface area contributed by atoms with Crippen molar-refractivity contribution in [1.82, 2.24) is 4.90 Å². The summed E-state index contributed by atoms with van der Waals surface area (Å²) in [6.07, 6.45) is 5.14. The molecule has 0 saturated carbocycles. The van der Waals surface area contributed by atoms with Gasteiger partial charge in [0.1, 0.15) is 0 Å². The van der Waals surface area contributed by atoms with Gasteiger partial charge in [-0.15, -0.1) is 13.2 Å². The first-order chi connectivity index (χ1) is 10.8. The Hall–Kier alpha value is -2.08. The molecule has 23 heavy (non-hydrogen) atoms. The van der Waals surface area contributed by atoms with Gasteiger partial charge in [0.25, 0.3) is 5.91 Å². The van der Waals surface area contributed by atoms with Crippen LogP contribution in [0.1, 0.15) is 22.8 Å². The van der Waals surface area contributed by atoms with E-state index >= 15 is 0 Å². The normalized spacial score (nSPS) is 16.8. The van der Waals surface area contributed by atoms with Crippen LogP contribution in [0.25, 0.3) is 0 Å². The Morgan fingerprint density at radius 2 is 1.96 bits per heavy atom. The summed E-state index contributed by atoms with van der Waals surface area (Å²) in [5, 5.41) is 0. The van der Waals surface area contributed by atoms with Crippen LogP contribution in [0.4, 0.5) is 5.69 Å². The lowest BCUT2D eigenvalue weighted by Gasteiger charge is -2.22. The van der Waals surface area contributed by atoms with Crippen LogP contribution in [0.2, 0.25) is 0 Å². The predicted octanol–water partition coefficient (Wildman–Crippen LogP) is 2.21. The van der Waals surface area contributed by atoms with Gasteiger partial charge >= 0.3 is 0 Å². The summed E-state index contributed by atoms with van der Waals surface area (Å²) < 4.78 is 25.3.